The molecule has 0 fully saturated rings. The molecule has 1 N–H and O–H groups in total. The van der Waals surface area contributed by atoms with E-state index in [9.17, 15) is 9.90 Å². The number of aromatic nitrogens is 2. The first-order chi connectivity index (χ1) is 16.0. The van der Waals surface area contributed by atoms with Crippen molar-refractivity contribution in [2.75, 3.05) is 6.54 Å². The van der Waals surface area contributed by atoms with Crippen LogP contribution in [0.1, 0.15) is 48.8 Å². The summed E-state index contributed by atoms with van der Waals surface area (Å²) in [7, 11) is 0. The molecule has 0 saturated carbocycles. The molecule has 0 amide bonds. The van der Waals surface area contributed by atoms with E-state index in [1.807, 2.05) is 62.4 Å². The molecule has 4 rings (SSSR count). The van der Waals surface area contributed by atoms with Crippen molar-refractivity contribution in [2.45, 2.75) is 46.0 Å². The van der Waals surface area contributed by atoms with Crippen LogP contribution in [0.4, 0.5) is 0 Å². The molecule has 1 aliphatic carbocycles. The number of aliphatic imine (C=N–C) groups is 1. The minimum atomic E-state index is -0.378. The van der Waals surface area contributed by atoms with Crippen LogP contribution >= 0.6 is 12.2 Å². The Morgan fingerprint density at radius 3 is 2.24 bits per heavy atom. The molecule has 170 valence electrons. The summed E-state index contributed by atoms with van der Waals surface area (Å²) < 4.78 is 3.26. The first-order valence-electron chi connectivity index (χ1n) is 11.4. The largest absolute Gasteiger partial charge is 0.494 e. The van der Waals surface area contributed by atoms with Gasteiger partial charge in [-0.1, -0.05) is 48.0 Å². The van der Waals surface area contributed by atoms with E-state index in [1.54, 1.807) is 4.57 Å². The molecule has 0 saturated heterocycles. The van der Waals surface area contributed by atoms with Gasteiger partial charge < -0.3 is 5.11 Å². The number of hydrogen-bond donors (Lipinski definition) is 1. The first-order valence-corrected chi connectivity index (χ1v) is 11.8. The summed E-state index contributed by atoms with van der Waals surface area (Å²) in [5.41, 5.74) is 4.45. The lowest BCUT2D eigenvalue weighted by atomic mass is 9.97. The molecule has 1 aliphatic rings. The molecule has 0 radical (unpaired) electrons. The highest BCUT2D eigenvalue weighted by Gasteiger charge is 2.19. The average molecular weight is 460 g/mol. The van der Waals surface area contributed by atoms with Gasteiger partial charge in [-0.3, -0.25) is 18.9 Å². The molecule has 1 heterocycles. The van der Waals surface area contributed by atoms with Crippen LogP contribution in [-0.4, -0.2) is 27.0 Å². The number of para-hydroxylation sites is 2. The van der Waals surface area contributed by atoms with E-state index in [4.69, 9.17) is 12.2 Å². The number of rotatable bonds is 6. The van der Waals surface area contributed by atoms with E-state index in [0.29, 0.717) is 12.2 Å². The lowest BCUT2D eigenvalue weighted by molar-refractivity contribution is 0.429. The van der Waals surface area contributed by atoms with Gasteiger partial charge in [0.2, 0.25) is 5.88 Å². The minimum Gasteiger partial charge on any atom is -0.494 e. The second-order valence-electron chi connectivity index (χ2n) is 8.46. The Morgan fingerprint density at radius 2 is 1.64 bits per heavy atom. The van der Waals surface area contributed by atoms with Crippen LogP contribution < -0.4 is 5.56 Å². The van der Waals surface area contributed by atoms with Crippen LogP contribution in [0.3, 0.4) is 0 Å². The predicted molar refractivity (Wildman–Crippen MR) is 137 cm³/mol. The summed E-state index contributed by atoms with van der Waals surface area (Å²) in [4.78, 5) is 18.1. The normalized spacial score (nSPS) is 13.9. The Balaban J connectivity index is 1.85. The van der Waals surface area contributed by atoms with Crippen LogP contribution in [0.15, 0.2) is 70.0 Å². The molecule has 33 heavy (non-hydrogen) atoms. The number of hydrogen-bond acceptors (Lipinski definition) is 4. The maximum Gasteiger partial charge on any atom is 0.271 e. The van der Waals surface area contributed by atoms with Gasteiger partial charge in [-0.2, -0.15) is 0 Å². The molecular formula is C27H29N3O2S. The van der Waals surface area contributed by atoms with Crippen LogP contribution in [0, 0.1) is 18.6 Å². The topological polar surface area (TPSA) is 59.5 Å². The van der Waals surface area contributed by atoms with E-state index >= 15 is 0 Å². The van der Waals surface area contributed by atoms with Gasteiger partial charge in [-0.15, -0.1) is 0 Å². The van der Waals surface area contributed by atoms with Crippen molar-refractivity contribution in [3.8, 4) is 17.3 Å². The quantitative estimate of drug-likeness (QED) is 0.280. The monoisotopic (exact) mass is 459 g/mol. The predicted octanol–water partition coefficient (Wildman–Crippen LogP) is 5.99. The fourth-order valence-electron chi connectivity index (χ4n) is 4.28. The fraction of sp³-hybridized carbons (Fsp3) is 0.296. The molecule has 0 aliphatic heterocycles. The van der Waals surface area contributed by atoms with Crippen LogP contribution in [-0.2, 0) is 0 Å². The summed E-state index contributed by atoms with van der Waals surface area (Å²) in [6.07, 6.45) is 9.43. The molecule has 2 aromatic carbocycles. The molecule has 0 unspecified atom stereocenters. The Kier molecular flexibility index (Phi) is 7.04. The number of aromatic hydroxyl groups is 1. The maximum absolute atomic E-state index is 13.5. The molecule has 3 aromatic rings. The molecule has 0 atom stereocenters. The Hall–Kier alpha value is -3.25. The van der Waals surface area contributed by atoms with E-state index in [2.05, 4.69) is 11.1 Å². The third-order valence-electron chi connectivity index (χ3n) is 6.15. The molecular weight excluding hydrogens is 430 g/mol. The first kappa shape index (κ1) is 22.9. The average Bonchev–Trinajstić information content (AvgIpc) is 2.81. The highest BCUT2D eigenvalue weighted by atomic mass is 32.1. The van der Waals surface area contributed by atoms with Gasteiger partial charge in [-0.05, 0) is 81.4 Å². The lowest BCUT2D eigenvalue weighted by Gasteiger charge is -2.18. The zero-order valence-electron chi connectivity index (χ0n) is 19.1. The van der Waals surface area contributed by atoms with Gasteiger partial charge >= 0.3 is 0 Å². The van der Waals surface area contributed by atoms with Crippen molar-refractivity contribution in [3.05, 3.63) is 92.0 Å². The number of aryl methyl sites for hydroxylation is 2. The molecule has 6 heteroatoms. The van der Waals surface area contributed by atoms with Crippen LogP contribution in [0.2, 0.25) is 0 Å². The molecule has 1 aromatic heterocycles. The Labute approximate surface area is 199 Å². The van der Waals surface area contributed by atoms with Crippen LogP contribution in [0.25, 0.3) is 11.4 Å². The Bertz CT molecular complexity index is 1350. The van der Waals surface area contributed by atoms with Gasteiger partial charge in [0.25, 0.3) is 5.56 Å². The molecule has 5 nitrogen and oxygen atoms in total. The third-order valence-corrected chi connectivity index (χ3v) is 6.51. The Morgan fingerprint density at radius 1 is 1.00 bits per heavy atom. The van der Waals surface area contributed by atoms with E-state index in [-0.39, 0.29) is 21.8 Å². The smallest absolute Gasteiger partial charge is 0.271 e. The second kappa shape index (κ2) is 10.1. The summed E-state index contributed by atoms with van der Waals surface area (Å²) >= 11 is 5.74. The van der Waals surface area contributed by atoms with E-state index in [1.165, 1.54) is 29.2 Å². The standard InChI is InChI=1S/C27H29N3O2S/c1-19-10-6-8-14-23(19)29-25(31)22(18-28-17-16-21-12-4-3-5-13-21)26(32)30(27(29)33)24-15-9-7-11-20(24)2/h6-12,14-15,18,31H,3-5,13,16-17H2,1-2H3. The highest BCUT2D eigenvalue weighted by molar-refractivity contribution is 7.71. The van der Waals surface area contributed by atoms with Crippen molar-refractivity contribution in [3.63, 3.8) is 0 Å². The SMILES string of the molecule is Cc1ccccc1-n1c(O)c(C=NCCC2=CCCCC2)c(=O)n(-c2ccccc2C)c1=S. The van der Waals surface area contributed by atoms with Crippen molar-refractivity contribution < 1.29 is 5.11 Å². The summed E-state index contributed by atoms with van der Waals surface area (Å²) in [5.74, 6) is -0.190. The molecule has 0 bridgehead atoms. The third kappa shape index (κ3) is 4.76. The zero-order chi connectivity index (χ0) is 23.4. The number of nitrogens with zero attached hydrogens (tertiary/aromatic N) is 3. The summed E-state index contributed by atoms with van der Waals surface area (Å²) in [5, 5.41) is 11.2. The van der Waals surface area contributed by atoms with Gasteiger partial charge in [0.1, 0.15) is 5.56 Å². The number of benzene rings is 2. The number of allylic oxidation sites excluding steroid dienone is 1. The summed E-state index contributed by atoms with van der Waals surface area (Å²) in [6.45, 7) is 4.47. The second-order valence-corrected chi connectivity index (χ2v) is 8.83. The van der Waals surface area contributed by atoms with Crippen molar-refractivity contribution in [1.82, 2.24) is 9.13 Å². The highest BCUT2D eigenvalue weighted by Crippen LogP contribution is 2.25. The van der Waals surface area contributed by atoms with E-state index in [0.717, 1.165) is 36.1 Å². The van der Waals surface area contributed by atoms with Crippen molar-refractivity contribution >= 4 is 18.4 Å². The maximum atomic E-state index is 13.5. The van der Waals surface area contributed by atoms with Gasteiger partial charge in [0.15, 0.2) is 4.77 Å². The lowest BCUT2D eigenvalue weighted by Crippen LogP contribution is -2.27. The van der Waals surface area contributed by atoms with E-state index < -0.39 is 0 Å². The van der Waals surface area contributed by atoms with Gasteiger partial charge in [-0.25, -0.2) is 0 Å². The van der Waals surface area contributed by atoms with Gasteiger partial charge in [0, 0.05) is 12.8 Å². The molecule has 0 spiro atoms. The van der Waals surface area contributed by atoms with Crippen LogP contribution in [0.5, 0.6) is 5.88 Å². The van der Waals surface area contributed by atoms with Gasteiger partial charge in [0.05, 0.1) is 11.4 Å². The fourth-order valence-corrected chi connectivity index (χ4v) is 4.65. The van der Waals surface area contributed by atoms with Crippen molar-refractivity contribution in [2.24, 2.45) is 4.99 Å². The van der Waals surface area contributed by atoms with Crippen molar-refractivity contribution in [1.29, 1.82) is 0 Å². The summed E-state index contributed by atoms with van der Waals surface area (Å²) in [6, 6.07) is 15.2. The minimum absolute atomic E-state index is 0.132. The zero-order valence-corrected chi connectivity index (χ0v) is 19.9.